The first-order chi connectivity index (χ1) is 15.1. The summed E-state index contributed by atoms with van der Waals surface area (Å²) in [6.45, 7) is 7.82. The van der Waals surface area contributed by atoms with Gasteiger partial charge in [0, 0.05) is 18.0 Å². The van der Waals surface area contributed by atoms with Crippen molar-refractivity contribution in [2.75, 3.05) is 44.5 Å². The molecular weight excluding hydrogens is 448 g/mol. The van der Waals surface area contributed by atoms with E-state index in [4.69, 9.17) is 9.47 Å². The number of methoxy groups -OCH3 is 1. The summed E-state index contributed by atoms with van der Waals surface area (Å²) in [6, 6.07) is 12.7. The Kier molecular flexibility index (Phi) is 7.87. The second kappa shape index (κ2) is 10.2. The monoisotopic (exact) mass is 478 g/mol. The molecule has 1 saturated heterocycles. The Labute approximate surface area is 194 Å². The number of nitrogens with zero attached hydrogens (tertiary/aromatic N) is 1. The zero-order chi connectivity index (χ0) is 23.4. The minimum Gasteiger partial charge on any atom is -0.495 e. The van der Waals surface area contributed by atoms with E-state index in [0.717, 1.165) is 4.90 Å². The number of ether oxygens (including phenoxy) is 2. The van der Waals surface area contributed by atoms with Gasteiger partial charge in [0.25, 0.3) is 0 Å². The summed E-state index contributed by atoms with van der Waals surface area (Å²) in [4.78, 5) is 13.7. The summed E-state index contributed by atoms with van der Waals surface area (Å²) in [5, 5.41) is 2.79. The molecule has 1 amide bonds. The van der Waals surface area contributed by atoms with Gasteiger partial charge in [0.2, 0.25) is 15.9 Å². The third kappa shape index (κ3) is 6.04. The van der Waals surface area contributed by atoms with Crippen molar-refractivity contribution in [3.63, 3.8) is 0 Å². The molecule has 3 rings (SSSR count). The summed E-state index contributed by atoms with van der Waals surface area (Å²) in [6.07, 6.45) is 0. The number of thioether (sulfide) groups is 1. The van der Waals surface area contributed by atoms with E-state index in [2.05, 4.69) is 38.2 Å². The van der Waals surface area contributed by atoms with Crippen molar-refractivity contribution in [1.82, 2.24) is 4.31 Å². The van der Waals surface area contributed by atoms with Gasteiger partial charge in [-0.1, -0.05) is 32.9 Å². The van der Waals surface area contributed by atoms with Crippen LogP contribution in [0.1, 0.15) is 26.3 Å². The maximum absolute atomic E-state index is 12.9. The fraction of sp³-hybridized carbons (Fsp3) is 0.435. The lowest BCUT2D eigenvalue weighted by Crippen LogP contribution is -2.40. The number of sulfonamides is 1. The molecule has 32 heavy (non-hydrogen) atoms. The number of amides is 1. The first kappa shape index (κ1) is 24.6. The number of carbonyl (C=O) groups is 1. The predicted octanol–water partition coefficient (Wildman–Crippen LogP) is 3.74. The van der Waals surface area contributed by atoms with Crippen LogP contribution in [0.3, 0.4) is 0 Å². The van der Waals surface area contributed by atoms with Gasteiger partial charge in [0.15, 0.2) is 0 Å². The van der Waals surface area contributed by atoms with E-state index in [-0.39, 0.29) is 22.0 Å². The molecule has 1 aliphatic rings. The van der Waals surface area contributed by atoms with Crippen LogP contribution in [0, 0.1) is 0 Å². The Hall–Kier alpha value is -2.07. The van der Waals surface area contributed by atoms with Crippen molar-refractivity contribution in [1.29, 1.82) is 0 Å². The largest absolute Gasteiger partial charge is 0.495 e. The molecule has 2 aromatic carbocycles. The van der Waals surface area contributed by atoms with Crippen molar-refractivity contribution in [3.8, 4) is 5.75 Å². The molecule has 174 valence electrons. The molecule has 0 bridgehead atoms. The summed E-state index contributed by atoms with van der Waals surface area (Å²) in [5.74, 6) is 0.353. The van der Waals surface area contributed by atoms with Crippen LogP contribution in [0.25, 0.3) is 0 Å². The molecule has 1 N–H and O–H groups in total. The van der Waals surface area contributed by atoms with Gasteiger partial charge >= 0.3 is 0 Å². The summed E-state index contributed by atoms with van der Waals surface area (Å²) in [7, 11) is -2.20. The van der Waals surface area contributed by atoms with E-state index in [9.17, 15) is 13.2 Å². The quantitative estimate of drug-likeness (QED) is 0.610. The van der Waals surface area contributed by atoms with E-state index in [1.54, 1.807) is 6.07 Å². The lowest BCUT2D eigenvalue weighted by Gasteiger charge is -2.26. The van der Waals surface area contributed by atoms with E-state index in [1.165, 1.54) is 40.9 Å². The van der Waals surface area contributed by atoms with Crippen LogP contribution in [-0.2, 0) is 25.0 Å². The third-order valence-electron chi connectivity index (χ3n) is 5.14. The van der Waals surface area contributed by atoms with E-state index in [0.29, 0.717) is 37.7 Å². The average Bonchev–Trinajstić information content (AvgIpc) is 2.78. The zero-order valence-electron chi connectivity index (χ0n) is 18.9. The summed E-state index contributed by atoms with van der Waals surface area (Å²) in [5.41, 5.74) is 1.63. The molecule has 1 heterocycles. The molecule has 1 aliphatic heterocycles. The molecule has 0 radical (unpaired) electrons. The number of morpholine rings is 1. The van der Waals surface area contributed by atoms with Gasteiger partial charge in [-0.3, -0.25) is 4.79 Å². The van der Waals surface area contributed by atoms with Crippen molar-refractivity contribution in [2.45, 2.75) is 36.0 Å². The topological polar surface area (TPSA) is 84.9 Å². The molecule has 9 heteroatoms. The average molecular weight is 479 g/mol. The third-order valence-corrected chi connectivity index (χ3v) is 8.05. The van der Waals surface area contributed by atoms with Crippen LogP contribution in [0.15, 0.2) is 52.3 Å². The van der Waals surface area contributed by atoms with Crippen LogP contribution in [-0.4, -0.2) is 57.8 Å². The van der Waals surface area contributed by atoms with Gasteiger partial charge in [0.05, 0.1) is 36.7 Å². The van der Waals surface area contributed by atoms with Gasteiger partial charge in [-0.05, 0) is 41.3 Å². The number of benzene rings is 2. The van der Waals surface area contributed by atoms with Crippen LogP contribution in [0.4, 0.5) is 5.69 Å². The standard InChI is InChI=1S/C23H30N2O5S2/c1-23(2,3)17-5-7-18(8-6-17)31-16-22(26)24-20-15-19(9-10-21(20)29-4)32(27,28)25-11-13-30-14-12-25/h5-10,15H,11-14,16H2,1-4H3,(H,24,26). The van der Waals surface area contributed by atoms with Gasteiger partial charge in [-0.2, -0.15) is 4.31 Å². The highest BCUT2D eigenvalue weighted by Crippen LogP contribution is 2.30. The van der Waals surface area contributed by atoms with Crippen molar-refractivity contribution < 1.29 is 22.7 Å². The molecule has 0 aromatic heterocycles. The lowest BCUT2D eigenvalue weighted by molar-refractivity contribution is -0.113. The highest BCUT2D eigenvalue weighted by Gasteiger charge is 2.27. The number of hydrogen-bond acceptors (Lipinski definition) is 6. The molecule has 0 atom stereocenters. The number of carbonyl (C=O) groups excluding carboxylic acids is 1. The molecule has 7 nitrogen and oxygen atoms in total. The lowest BCUT2D eigenvalue weighted by atomic mass is 9.87. The Morgan fingerprint density at radius 1 is 1.12 bits per heavy atom. The first-order valence-electron chi connectivity index (χ1n) is 10.4. The maximum Gasteiger partial charge on any atom is 0.243 e. The molecule has 0 spiro atoms. The van der Waals surface area contributed by atoms with Crippen molar-refractivity contribution >= 4 is 33.4 Å². The molecule has 2 aromatic rings. The number of nitrogens with one attached hydrogen (secondary N) is 1. The minimum absolute atomic E-state index is 0.0731. The van der Waals surface area contributed by atoms with Crippen molar-refractivity contribution in [2.24, 2.45) is 0 Å². The van der Waals surface area contributed by atoms with E-state index in [1.807, 2.05) is 12.1 Å². The SMILES string of the molecule is COc1ccc(S(=O)(=O)N2CCOCC2)cc1NC(=O)CSc1ccc(C(C)(C)C)cc1. The zero-order valence-corrected chi connectivity index (χ0v) is 20.5. The summed E-state index contributed by atoms with van der Waals surface area (Å²) < 4.78 is 37.8. The van der Waals surface area contributed by atoms with Crippen molar-refractivity contribution in [3.05, 3.63) is 48.0 Å². The fourth-order valence-electron chi connectivity index (χ4n) is 3.27. The Balaban J connectivity index is 1.69. The van der Waals surface area contributed by atoms with Gasteiger partial charge in [-0.15, -0.1) is 11.8 Å². The minimum atomic E-state index is -3.68. The van der Waals surface area contributed by atoms with E-state index >= 15 is 0 Å². The molecule has 0 unspecified atom stereocenters. The summed E-state index contributed by atoms with van der Waals surface area (Å²) >= 11 is 1.42. The molecule has 0 saturated carbocycles. The fourth-order valence-corrected chi connectivity index (χ4v) is 5.40. The Bertz CT molecular complexity index is 1040. The highest BCUT2D eigenvalue weighted by molar-refractivity contribution is 8.00. The highest BCUT2D eigenvalue weighted by atomic mass is 32.2. The predicted molar refractivity (Wildman–Crippen MR) is 127 cm³/mol. The first-order valence-corrected chi connectivity index (χ1v) is 12.8. The van der Waals surface area contributed by atoms with Gasteiger partial charge in [0.1, 0.15) is 5.75 Å². The number of anilines is 1. The number of hydrogen-bond donors (Lipinski definition) is 1. The number of rotatable bonds is 7. The second-order valence-corrected chi connectivity index (χ2v) is 11.5. The smallest absolute Gasteiger partial charge is 0.243 e. The van der Waals surface area contributed by atoms with E-state index < -0.39 is 10.0 Å². The molecule has 0 aliphatic carbocycles. The molecule has 1 fully saturated rings. The molecular formula is C23H30N2O5S2. The van der Waals surface area contributed by atoms with Crippen LogP contribution >= 0.6 is 11.8 Å². The Morgan fingerprint density at radius 2 is 1.78 bits per heavy atom. The van der Waals surface area contributed by atoms with Crippen LogP contribution in [0.5, 0.6) is 5.75 Å². The second-order valence-electron chi connectivity index (χ2n) is 8.49. The van der Waals surface area contributed by atoms with Gasteiger partial charge < -0.3 is 14.8 Å². The Morgan fingerprint density at radius 3 is 2.38 bits per heavy atom. The normalized spacial score (nSPS) is 15.4. The maximum atomic E-state index is 12.9. The van der Waals surface area contributed by atoms with Crippen LogP contribution < -0.4 is 10.1 Å². The van der Waals surface area contributed by atoms with Gasteiger partial charge in [-0.25, -0.2) is 8.42 Å². The van der Waals surface area contributed by atoms with Crippen LogP contribution in [0.2, 0.25) is 0 Å².